The van der Waals surface area contributed by atoms with Crippen molar-refractivity contribution in [3.05, 3.63) is 0 Å². The zero-order valence-corrected chi connectivity index (χ0v) is 22.9. The average molecular weight is 473 g/mol. The Hall–Kier alpha value is 0.0400. The maximum Gasteiger partial charge on any atom is 0.194 e. The second-order valence-corrected chi connectivity index (χ2v) is 11.9. The second kappa shape index (κ2) is 21.9. The fraction of sp³-hybridized carbons (Fsp3) is 0.926. The maximum atomic E-state index is 12.5. The van der Waals surface area contributed by atoms with Gasteiger partial charge in [-0.15, -0.1) is 0 Å². The van der Waals surface area contributed by atoms with Crippen LogP contribution in [0, 0.1) is 5.41 Å². The zero-order valence-electron chi connectivity index (χ0n) is 21.3. The third-order valence-electron chi connectivity index (χ3n) is 5.98. The van der Waals surface area contributed by atoms with Gasteiger partial charge < -0.3 is 0 Å². The molecule has 0 radical (unpaired) electrons. The van der Waals surface area contributed by atoms with Crippen molar-refractivity contribution in [2.24, 2.45) is 5.41 Å². The molecule has 2 nitrogen and oxygen atoms in total. The molecule has 184 valence electrons. The molecule has 0 N–H and O–H groups in total. The number of rotatable bonds is 22. The van der Waals surface area contributed by atoms with Crippen LogP contribution in [0.5, 0.6) is 0 Å². The lowest BCUT2D eigenvalue weighted by Crippen LogP contribution is -2.21. The molecule has 0 aliphatic heterocycles. The van der Waals surface area contributed by atoms with E-state index in [0.717, 1.165) is 50.0 Å². The molecular weight excluding hydrogens is 420 g/mol. The molecule has 4 heteroatoms. The minimum atomic E-state index is -0.213. The largest absolute Gasteiger partial charge is 0.287 e. The molecule has 0 saturated carbocycles. The molecule has 0 aromatic heterocycles. The fourth-order valence-electron chi connectivity index (χ4n) is 3.68. The van der Waals surface area contributed by atoms with Crippen LogP contribution in [0.1, 0.15) is 143 Å². The number of hydrogen-bond acceptors (Lipinski definition) is 4. The summed E-state index contributed by atoms with van der Waals surface area (Å²) in [5, 5.41) is 0.734. The predicted octanol–water partition coefficient (Wildman–Crippen LogP) is 9.59. The number of thioether (sulfide) groups is 2. The highest BCUT2D eigenvalue weighted by molar-refractivity contribution is 8.13. The van der Waals surface area contributed by atoms with Crippen LogP contribution in [-0.4, -0.2) is 21.7 Å². The van der Waals surface area contributed by atoms with Crippen LogP contribution in [-0.2, 0) is 9.59 Å². The van der Waals surface area contributed by atoms with Crippen molar-refractivity contribution in [2.75, 3.05) is 11.5 Å². The zero-order chi connectivity index (χ0) is 23.2. The smallest absolute Gasteiger partial charge is 0.194 e. The first-order valence-electron chi connectivity index (χ1n) is 13.3. The third kappa shape index (κ3) is 20.4. The first-order valence-corrected chi connectivity index (χ1v) is 15.2. The number of carbonyl (C=O) groups is 2. The molecule has 0 bridgehead atoms. The van der Waals surface area contributed by atoms with Crippen LogP contribution in [0.2, 0.25) is 0 Å². The van der Waals surface area contributed by atoms with Crippen molar-refractivity contribution in [3.8, 4) is 0 Å². The molecule has 0 amide bonds. The van der Waals surface area contributed by atoms with Gasteiger partial charge in [0.05, 0.1) is 0 Å². The van der Waals surface area contributed by atoms with Crippen LogP contribution in [0.4, 0.5) is 0 Å². The Kier molecular flexibility index (Phi) is 21.9. The van der Waals surface area contributed by atoms with E-state index in [2.05, 4.69) is 27.7 Å². The SMILES string of the molecule is CCCCCCCCSC(=O)CCCCCCC(C)(C)C(=O)SCCCCCCCC. The van der Waals surface area contributed by atoms with Crippen molar-refractivity contribution in [1.29, 1.82) is 0 Å². The van der Waals surface area contributed by atoms with Crippen LogP contribution in [0.3, 0.4) is 0 Å². The highest BCUT2D eigenvalue weighted by atomic mass is 32.2. The molecule has 0 unspecified atom stereocenters. The van der Waals surface area contributed by atoms with Crippen LogP contribution in [0.25, 0.3) is 0 Å². The summed E-state index contributed by atoms with van der Waals surface area (Å²) >= 11 is 3.09. The molecular formula is C27H52O2S2. The Morgan fingerprint density at radius 3 is 1.61 bits per heavy atom. The summed E-state index contributed by atoms with van der Waals surface area (Å²) in [5.41, 5.74) is -0.213. The Morgan fingerprint density at radius 1 is 0.581 bits per heavy atom. The molecule has 0 fully saturated rings. The summed E-state index contributed by atoms with van der Waals surface area (Å²) in [5.74, 6) is 1.98. The molecule has 31 heavy (non-hydrogen) atoms. The van der Waals surface area contributed by atoms with Gasteiger partial charge in [0.2, 0.25) is 0 Å². The van der Waals surface area contributed by atoms with E-state index in [1.165, 1.54) is 77.0 Å². The van der Waals surface area contributed by atoms with Crippen LogP contribution in [0.15, 0.2) is 0 Å². The molecule has 0 saturated heterocycles. The maximum absolute atomic E-state index is 12.5. The Labute approximate surface area is 203 Å². The van der Waals surface area contributed by atoms with Gasteiger partial charge in [0.1, 0.15) is 0 Å². The lowest BCUT2D eigenvalue weighted by Gasteiger charge is -2.22. The van der Waals surface area contributed by atoms with E-state index in [4.69, 9.17) is 0 Å². The Bertz CT molecular complexity index is 435. The highest BCUT2D eigenvalue weighted by Gasteiger charge is 2.26. The van der Waals surface area contributed by atoms with Gasteiger partial charge >= 0.3 is 0 Å². The first kappa shape index (κ1) is 31.0. The summed E-state index contributed by atoms with van der Waals surface area (Å²) in [6, 6.07) is 0. The topological polar surface area (TPSA) is 34.1 Å². The van der Waals surface area contributed by atoms with Crippen LogP contribution < -0.4 is 0 Å². The summed E-state index contributed by atoms with van der Waals surface area (Å²) in [6.07, 6.45) is 21.5. The van der Waals surface area contributed by atoms with E-state index >= 15 is 0 Å². The molecule has 0 aromatic rings. The van der Waals surface area contributed by atoms with E-state index in [9.17, 15) is 9.59 Å². The lowest BCUT2D eigenvalue weighted by molar-refractivity contribution is -0.118. The molecule has 0 aromatic carbocycles. The van der Waals surface area contributed by atoms with Gasteiger partial charge in [-0.1, -0.05) is 135 Å². The van der Waals surface area contributed by atoms with Crippen molar-refractivity contribution in [2.45, 2.75) is 143 Å². The molecule has 0 atom stereocenters. The molecule has 0 aliphatic carbocycles. The van der Waals surface area contributed by atoms with E-state index < -0.39 is 0 Å². The standard InChI is InChI=1S/C27H52O2S2/c1-5-7-9-11-15-19-23-30-25(28)21-17-13-14-18-22-27(3,4)26(29)31-24-20-16-12-10-8-6-2/h5-24H2,1-4H3. The van der Waals surface area contributed by atoms with Gasteiger partial charge in [-0.25, -0.2) is 0 Å². The van der Waals surface area contributed by atoms with Crippen molar-refractivity contribution in [3.63, 3.8) is 0 Å². The summed E-state index contributed by atoms with van der Waals surface area (Å²) in [7, 11) is 0. The van der Waals surface area contributed by atoms with E-state index in [-0.39, 0.29) is 5.41 Å². The Morgan fingerprint density at radius 2 is 1.03 bits per heavy atom. The van der Waals surface area contributed by atoms with Crippen molar-refractivity contribution < 1.29 is 9.59 Å². The molecule has 0 aliphatic rings. The first-order chi connectivity index (χ1) is 14.9. The van der Waals surface area contributed by atoms with Gasteiger partial charge in [-0.05, 0) is 25.7 Å². The summed E-state index contributed by atoms with van der Waals surface area (Å²) in [6.45, 7) is 8.69. The van der Waals surface area contributed by atoms with Gasteiger partial charge in [0.25, 0.3) is 0 Å². The molecule has 0 spiro atoms. The van der Waals surface area contributed by atoms with Crippen LogP contribution >= 0.6 is 23.5 Å². The van der Waals surface area contributed by atoms with E-state index in [0.29, 0.717) is 10.2 Å². The highest BCUT2D eigenvalue weighted by Crippen LogP contribution is 2.31. The van der Waals surface area contributed by atoms with Gasteiger partial charge in [-0.3, -0.25) is 9.59 Å². The monoisotopic (exact) mass is 472 g/mol. The molecule has 0 rings (SSSR count). The quantitative estimate of drug-likeness (QED) is 0.147. The summed E-state index contributed by atoms with van der Waals surface area (Å²) in [4.78, 5) is 24.5. The minimum Gasteiger partial charge on any atom is -0.287 e. The van der Waals surface area contributed by atoms with Crippen molar-refractivity contribution in [1.82, 2.24) is 0 Å². The average Bonchev–Trinajstić information content (AvgIpc) is 2.74. The van der Waals surface area contributed by atoms with E-state index in [1.807, 2.05) is 0 Å². The van der Waals surface area contributed by atoms with Crippen molar-refractivity contribution >= 4 is 33.8 Å². The van der Waals surface area contributed by atoms with Gasteiger partial charge in [0.15, 0.2) is 10.2 Å². The third-order valence-corrected chi connectivity index (χ3v) is 8.30. The Balaban J connectivity index is 3.59. The number of unbranched alkanes of at least 4 members (excludes halogenated alkanes) is 13. The molecule has 0 heterocycles. The van der Waals surface area contributed by atoms with E-state index in [1.54, 1.807) is 23.5 Å². The van der Waals surface area contributed by atoms with Gasteiger partial charge in [0, 0.05) is 23.3 Å². The summed E-state index contributed by atoms with van der Waals surface area (Å²) < 4.78 is 0. The predicted molar refractivity (Wildman–Crippen MR) is 143 cm³/mol. The fourth-order valence-corrected chi connectivity index (χ4v) is 5.57. The minimum absolute atomic E-state index is 0.213. The second-order valence-electron chi connectivity index (χ2n) is 9.69. The number of carbonyl (C=O) groups excluding carboxylic acids is 2. The number of hydrogen-bond donors (Lipinski definition) is 0. The van der Waals surface area contributed by atoms with Gasteiger partial charge in [-0.2, -0.15) is 0 Å². The lowest BCUT2D eigenvalue weighted by atomic mass is 9.88. The normalized spacial score (nSPS) is 11.7.